The quantitative estimate of drug-likeness (QED) is 0.359. The van der Waals surface area contributed by atoms with Crippen LogP contribution in [0.4, 0.5) is 11.8 Å². The van der Waals surface area contributed by atoms with Gasteiger partial charge in [-0.05, 0) is 93.5 Å². The number of nitrogens with one attached hydrogen (secondary N) is 1. The minimum absolute atomic E-state index is 0.0146. The number of thiophene rings is 1. The predicted molar refractivity (Wildman–Crippen MR) is 154 cm³/mol. The average molecular weight is 554 g/mol. The lowest BCUT2D eigenvalue weighted by Gasteiger charge is -2.52. The molecule has 2 atom stereocenters. The summed E-state index contributed by atoms with van der Waals surface area (Å²) in [6.45, 7) is 10.2. The van der Waals surface area contributed by atoms with E-state index in [-0.39, 0.29) is 6.04 Å². The number of aryl methyl sites for hydroxylation is 1. The van der Waals surface area contributed by atoms with Gasteiger partial charge in [-0.3, -0.25) is 4.79 Å². The maximum Gasteiger partial charge on any atom is 0.309 e. The number of hydrogen-bond donors (Lipinski definition) is 2. The van der Waals surface area contributed by atoms with E-state index in [4.69, 9.17) is 21.6 Å². The zero-order valence-electron chi connectivity index (χ0n) is 22.3. The number of anilines is 2. The minimum atomic E-state index is -0.648. The Bertz CT molecular complexity index is 1350. The molecule has 202 valence electrons. The number of halogens is 1. The Hall–Kier alpha value is -2.42. The molecule has 2 aromatic heterocycles. The van der Waals surface area contributed by atoms with Gasteiger partial charge in [-0.15, -0.1) is 11.3 Å². The summed E-state index contributed by atoms with van der Waals surface area (Å²) in [6, 6.07) is 8.71. The standard InChI is InChI=1S/C29H36ClN5O2S/c1-17-6-7-22(24(30)11-17)18(2)31-25-23-8-10-38-26(23)33-28(32-25)35-15-20(16-35)19-5-4-9-34(14-19)21-12-29(3,13-21)27(36)37/h6-8,10-11,18-21H,4-5,9,12-16H2,1-3H3,(H,36,37)(H,31,32,33). The second kappa shape index (κ2) is 9.96. The first-order valence-corrected chi connectivity index (χ1v) is 15.0. The third-order valence-corrected chi connectivity index (χ3v) is 10.2. The molecule has 2 N–H and O–H groups in total. The fourth-order valence-electron chi connectivity index (χ4n) is 6.51. The van der Waals surface area contributed by atoms with Gasteiger partial charge in [0.15, 0.2) is 0 Å². The molecule has 2 aliphatic heterocycles. The fourth-order valence-corrected chi connectivity index (χ4v) is 7.66. The Kier molecular flexibility index (Phi) is 6.77. The van der Waals surface area contributed by atoms with Crippen LogP contribution in [0.1, 0.15) is 56.7 Å². The highest BCUT2D eigenvalue weighted by atomic mass is 35.5. The van der Waals surface area contributed by atoms with Crippen LogP contribution in [0.15, 0.2) is 29.6 Å². The van der Waals surface area contributed by atoms with Gasteiger partial charge in [0.25, 0.3) is 0 Å². The topological polar surface area (TPSA) is 81.6 Å². The van der Waals surface area contributed by atoms with Crippen molar-refractivity contribution in [2.45, 2.75) is 58.5 Å². The number of aromatic nitrogens is 2. The van der Waals surface area contributed by atoms with Crippen molar-refractivity contribution in [1.82, 2.24) is 14.9 Å². The van der Waals surface area contributed by atoms with Crippen molar-refractivity contribution in [3.63, 3.8) is 0 Å². The Balaban J connectivity index is 1.11. The molecule has 0 bridgehead atoms. The summed E-state index contributed by atoms with van der Waals surface area (Å²) in [5.74, 6) is 2.29. The average Bonchev–Trinajstić information content (AvgIpc) is 3.30. The van der Waals surface area contributed by atoms with E-state index in [1.54, 1.807) is 11.3 Å². The summed E-state index contributed by atoms with van der Waals surface area (Å²) in [4.78, 5) is 27.3. The van der Waals surface area contributed by atoms with E-state index in [0.717, 1.165) is 77.2 Å². The van der Waals surface area contributed by atoms with Crippen LogP contribution in [0, 0.1) is 24.2 Å². The summed E-state index contributed by atoms with van der Waals surface area (Å²) >= 11 is 8.20. The van der Waals surface area contributed by atoms with Crippen molar-refractivity contribution >= 4 is 50.9 Å². The van der Waals surface area contributed by atoms with E-state index in [1.165, 1.54) is 12.8 Å². The number of hydrogen-bond acceptors (Lipinski definition) is 7. The number of piperidine rings is 1. The Morgan fingerprint density at radius 1 is 1.21 bits per heavy atom. The molecule has 7 nitrogen and oxygen atoms in total. The lowest BCUT2D eigenvalue weighted by atomic mass is 9.65. The second-order valence-electron chi connectivity index (χ2n) is 11.9. The van der Waals surface area contributed by atoms with Crippen LogP contribution in [0.3, 0.4) is 0 Å². The molecule has 2 saturated heterocycles. The molecule has 1 saturated carbocycles. The van der Waals surface area contributed by atoms with Crippen LogP contribution in [0.5, 0.6) is 0 Å². The Morgan fingerprint density at radius 3 is 2.74 bits per heavy atom. The second-order valence-corrected chi connectivity index (χ2v) is 13.2. The van der Waals surface area contributed by atoms with E-state index >= 15 is 0 Å². The van der Waals surface area contributed by atoms with Gasteiger partial charge >= 0.3 is 5.97 Å². The van der Waals surface area contributed by atoms with Gasteiger partial charge < -0.3 is 20.2 Å². The lowest BCUT2D eigenvalue weighted by molar-refractivity contribution is -0.158. The first kappa shape index (κ1) is 25.8. The molecule has 3 aliphatic rings. The van der Waals surface area contributed by atoms with E-state index < -0.39 is 11.4 Å². The van der Waals surface area contributed by atoms with Gasteiger partial charge in [0, 0.05) is 30.7 Å². The van der Waals surface area contributed by atoms with Crippen molar-refractivity contribution in [3.05, 3.63) is 45.8 Å². The maximum absolute atomic E-state index is 11.5. The molecular weight excluding hydrogens is 518 g/mol. The normalized spacial score (nSPS) is 27.1. The van der Waals surface area contributed by atoms with Gasteiger partial charge in [-0.1, -0.05) is 23.7 Å². The number of likely N-dealkylation sites (tertiary alicyclic amines) is 1. The lowest BCUT2D eigenvalue weighted by Crippen LogP contribution is -2.58. The van der Waals surface area contributed by atoms with E-state index in [2.05, 4.69) is 45.6 Å². The SMILES string of the molecule is Cc1ccc(C(C)Nc2nc(N3CC(C4CCCN(C5CC(C)(C(=O)O)C5)C4)C3)nc3sccc23)c(Cl)c1. The first-order chi connectivity index (χ1) is 18.2. The smallest absolute Gasteiger partial charge is 0.309 e. The first-order valence-electron chi connectivity index (χ1n) is 13.7. The van der Waals surface area contributed by atoms with Gasteiger partial charge in [0.05, 0.1) is 16.8 Å². The zero-order chi connectivity index (χ0) is 26.6. The molecular formula is C29H36ClN5O2S. The molecule has 1 aliphatic carbocycles. The van der Waals surface area contributed by atoms with Crippen molar-refractivity contribution in [2.75, 3.05) is 36.4 Å². The van der Waals surface area contributed by atoms with Crippen LogP contribution in [0.25, 0.3) is 10.2 Å². The largest absolute Gasteiger partial charge is 0.481 e. The van der Waals surface area contributed by atoms with E-state index in [1.807, 2.05) is 19.9 Å². The summed E-state index contributed by atoms with van der Waals surface area (Å²) in [5, 5.41) is 17.0. The highest BCUT2D eigenvalue weighted by Gasteiger charge is 2.49. The predicted octanol–water partition coefficient (Wildman–Crippen LogP) is 6.23. The van der Waals surface area contributed by atoms with Gasteiger partial charge in [-0.2, -0.15) is 4.98 Å². The summed E-state index contributed by atoms with van der Waals surface area (Å²) in [6.07, 6.45) is 4.02. The van der Waals surface area contributed by atoms with Crippen LogP contribution in [-0.2, 0) is 4.79 Å². The molecule has 4 heterocycles. The highest BCUT2D eigenvalue weighted by Crippen LogP contribution is 2.45. The number of nitrogens with zero attached hydrogens (tertiary/aromatic N) is 4. The third kappa shape index (κ3) is 4.75. The molecule has 0 radical (unpaired) electrons. The molecule has 3 fully saturated rings. The summed E-state index contributed by atoms with van der Waals surface area (Å²) < 4.78 is 0. The van der Waals surface area contributed by atoms with Gasteiger partial charge in [0.1, 0.15) is 10.6 Å². The maximum atomic E-state index is 11.5. The van der Waals surface area contributed by atoms with Crippen molar-refractivity contribution in [1.29, 1.82) is 0 Å². The van der Waals surface area contributed by atoms with Crippen LogP contribution < -0.4 is 10.2 Å². The van der Waals surface area contributed by atoms with Gasteiger partial charge in [0.2, 0.25) is 5.95 Å². The summed E-state index contributed by atoms with van der Waals surface area (Å²) in [5.41, 5.74) is 1.67. The van der Waals surface area contributed by atoms with E-state index in [0.29, 0.717) is 17.9 Å². The number of carbonyl (C=O) groups is 1. The molecule has 9 heteroatoms. The fraction of sp³-hybridized carbons (Fsp3) is 0.552. The van der Waals surface area contributed by atoms with Crippen molar-refractivity contribution in [3.8, 4) is 0 Å². The highest BCUT2D eigenvalue weighted by molar-refractivity contribution is 7.16. The number of fused-ring (bicyclic) bond motifs is 1. The molecule has 6 rings (SSSR count). The number of carboxylic acids is 1. The minimum Gasteiger partial charge on any atom is -0.481 e. The molecule has 38 heavy (non-hydrogen) atoms. The van der Waals surface area contributed by atoms with Crippen LogP contribution >= 0.6 is 22.9 Å². The molecule has 1 aromatic carbocycles. The van der Waals surface area contributed by atoms with E-state index in [9.17, 15) is 9.90 Å². The number of carboxylic acid groups (broad SMARTS) is 1. The van der Waals surface area contributed by atoms with Gasteiger partial charge in [-0.25, -0.2) is 4.98 Å². The third-order valence-electron chi connectivity index (χ3n) is 9.04. The summed E-state index contributed by atoms with van der Waals surface area (Å²) in [7, 11) is 0. The molecule has 0 spiro atoms. The molecule has 3 aromatic rings. The number of rotatable bonds is 7. The Morgan fingerprint density at radius 2 is 2.00 bits per heavy atom. The van der Waals surface area contributed by atoms with Crippen LogP contribution in [-0.4, -0.2) is 58.2 Å². The van der Waals surface area contributed by atoms with Crippen LogP contribution in [0.2, 0.25) is 5.02 Å². The zero-order valence-corrected chi connectivity index (χ0v) is 23.9. The van der Waals surface area contributed by atoms with Crippen molar-refractivity contribution in [2.24, 2.45) is 17.3 Å². The number of benzene rings is 1. The monoisotopic (exact) mass is 553 g/mol. The van der Waals surface area contributed by atoms with Crippen molar-refractivity contribution < 1.29 is 9.90 Å². The Labute approximate surface area is 233 Å². The number of aliphatic carboxylic acids is 1. The molecule has 0 amide bonds. The molecule has 2 unspecified atom stereocenters.